The molecule has 1 N–H and O–H groups in total. The Labute approximate surface area is 84.9 Å². The summed E-state index contributed by atoms with van der Waals surface area (Å²) in [6.07, 6.45) is 0. The number of ether oxygens (including phenoxy) is 1. The summed E-state index contributed by atoms with van der Waals surface area (Å²) in [6.45, 7) is 0. The lowest BCUT2D eigenvalue weighted by atomic mass is 10.3. The molecule has 0 saturated heterocycles. The monoisotopic (exact) mass is 206 g/mol. The van der Waals surface area contributed by atoms with Crippen LogP contribution in [0.3, 0.4) is 0 Å². The molecule has 1 heterocycles. The molecule has 78 valence electrons. The van der Waals surface area contributed by atoms with Crippen LogP contribution < -0.4 is 15.9 Å². The lowest BCUT2D eigenvalue weighted by molar-refractivity contribution is 0.415. The molecule has 0 saturated carbocycles. The molecule has 1 aromatic carbocycles. The van der Waals surface area contributed by atoms with Crippen molar-refractivity contribution in [3.05, 3.63) is 38.9 Å². The summed E-state index contributed by atoms with van der Waals surface area (Å²) in [7, 11) is 3.10. The highest BCUT2D eigenvalue weighted by atomic mass is 16.5. The molecule has 2 rings (SSSR count). The molecular weight excluding hydrogens is 196 g/mol. The predicted molar refractivity (Wildman–Crippen MR) is 56.4 cm³/mol. The Morgan fingerprint density at radius 3 is 2.73 bits per heavy atom. The molecular formula is C10H10N2O3. The van der Waals surface area contributed by atoms with Crippen molar-refractivity contribution in [1.82, 2.24) is 9.55 Å². The molecule has 0 spiro atoms. The van der Waals surface area contributed by atoms with E-state index in [1.807, 2.05) is 0 Å². The quantitative estimate of drug-likeness (QED) is 0.679. The molecule has 0 unspecified atom stereocenters. The van der Waals surface area contributed by atoms with Crippen molar-refractivity contribution >= 4 is 11.0 Å². The third-order valence-corrected chi connectivity index (χ3v) is 2.31. The highest BCUT2D eigenvalue weighted by molar-refractivity contribution is 5.76. The van der Waals surface area contributed by atoms with Gasteiger partial charge < -0.3 is 14.3 Å². The van der Waals surface area contributed by atoms with Crippen LogP contribution in [0.2, 0.25) is 0 Å². The van der Waals surface area contributed by atoms with Crippen molar-refractivity contribution in [2.75, 3.05) is 7.11 Å². The number of nitrogens with zero attached hydrogens (tertiary/aromatic N) is 1. The Morgan fingerprint density at radius 2 is 2.07 bits per heavy atom. The highest BCUT2D eigenvalue weighted by Gasteiger charge is 2.04. The first-order chi connectivity index (χ1) is 7.13. The van der Waals surface area contributed by atoms with Crippen molar-refractivity contribution in [3.63, 3.8) is 0 Å². The molecule has 0 bridgehead atoms. The molecule has 5 nitrogen and oxygen atoms in total. The van der Waals surface area contributed by atoms with E-state index in [0.717, 1.165) is 0 Å². The Kier molecular flexibility index (Phi) is 2.07. The third-order valence-electron chi connectivity index (χ3n) is 2.31. The van der Waals surface area contributed by atoms with Gasteiger partial charge in [-0.25, -0.2) is 0 Å². The van der Waals surface area contributed by atoms with E-state index in [1.54, 1.807) is 32.4 Å². The standard InChI is InChI=1S/C10H10N2O3/c1-12-8-5-6(15-2)3-4-7(8)11-9(13)10(12)14/h3-5H,1-2H3,(H,11,13). The summed E-state index contributed by atoms with van der Waals surface area (Å²) in [5.41, 5.74) is 0.0627. The van der Waals surface area contributed by atoms with E-state index in [-0.39, 0.29) is 0 Å². The van der Waals surface area contributed by atoms with E-state index in [1.165, 1.54) is 4.57 Å². The van der Waals surface area contributed by atoms with Crippen LogP contribution in [0.5, 0.6) is 5.75 Å². The lowest BCUT2D eigenvalue weighted by Gasteiger charge is -2.05. The van der Waals surface area contributed by atoms with Gasteiger partial charge in [0.25, 0.3) is 0 Å². The van der Waals surface area contributed by atoms with Crippen LogP contribution in [0.25, 0.3) is 11.0 Å². The van der Waals surface area contributed by atoms with Crippen LogP contribution >= 0.6 is 0 Å². The number of nitrogens with one attached hydrogen (secondary N) is 1. The Hall–Kier alpha value is -2.04. The van der Waals surface area contributed by atoms with Crippen LogP contribution in [-0.4, -0.2) is 16.7 Å². The molecule has 15 heavy (non-hydrogen) atoms. The van der Waals surface area contributed by atoms with Crippen LogP contribution in [-0.2, 0) is 7.05 Å². The predicted octanol–water partition coefficient (Wildman–Crippen LogP) is 0.235. The van der Waals surface area contributed by atoms with E-state index >= 15 is 0 Å². The summed E-state index contributed by atoms with van der Waals surface area (Å²) >= 11 is 0. The second-order valence-electron chi connectivity index (χ2n) is 3.20. The molecule has 0 aliphatic rings. The number of methoxy groups -OCH3 is 1. The Bertz CT molecular complexity index is 625. The van der Waals surface area contributed by atoms with E-state index in [2.05, 4.69) is 4.98 Å². The summed E-state index contributed by atoms with van der Waals surface area (Å²) in [6, 6.07) is 5.13. The molecule has 0 fully saturated rings. The zero-order chi connectivity index (χ0) is 11.0. The number of aromatic amines is 1. The molecule has 0 amide bonds. The molecule has 0 atom stereocenters. The molecule has 5 heteroatoms. The van der Waals surface area contributed by atoms with Gasteiger partial charge >= 0.3 is 11.1 Å². The van der Waals surface area contributed by atoms with Crippen molar-refractivity contribution in [3.8, 4) is 5.75 Å². The van der Waals surface area contributed by atoms with Gasteiger partial charge in [0.05, 0.1) is 18.1 Å². The summed E-state index contributed by atoms with van der Waals surface area (Å²) in [5.74, 6) is 0.643. The van der Waals surface area contributed by atoms with Gasteiger partial charge in [0.2, 0.25) is 0 Å². The third kappa shape index (κ3) is 1.41. The van der Waals surface area contributed by atoms with Crippen molar-refractivity contribution in [1.29, 1.82) is 0 Å². The van der Waals surface area contributed by atoms with Gasteiger partial charge in [-0.2, -0.15) is 0 Å². The van der Waals surface area contributed by atoms with E-state index in [9.17, 15) is 9.59 Å². The van der Waals surface area contributed by atoms with Gasteiger partial charge in [-0.15, -0.1) is 0 Å². The maximum atomic E-state index is 11.4. The Balaban J connectivity index is 2.94. The molecule has 0 radical (unpaired) electrons. The number of hydrogen-bond donors (Lipinski definition) is 1. The molecule has 0 aliphatic carbocycles. The van der Waals surface area contributed by atoms with Crippen LogP contribution in [0.15, 0.2) is 27.8 Å². The average molecular weight is 206 g/mol. The number of benzene rings is 1. The van der Waals surface area contributed by atoms with E-state index < -0.39 is 11.1 Å². The van der Waals surface area contributed by atoms with Gasteiger partial charge in [0, 0.05) is 13.1 Å². The first-order valence-electron chi connectivity index (χ1n) is 4.40. The highest BCUT2D eigenvalue weighted by Crippen LogP contribution is 2.16. The van der Waals surface area contributed by atoms with Gasteiger partial charge in [-0.05, 0) is 12.1 Å². The average Bonchev–Trinajstić information content (AvgIpc) is 2.26. The second kappa shape index (κ2) is 3.27. The first kappa shape index (κ1) is 9.51. The summed E-state index contributed by atoms with van der Waals surface area (Å²) in [5, 5.41) is 0. The van der Waals surface area contributed by atoms with Gasteiger partial charge in [0.15, 0.2) is 0 Å². The zero-order valence-electron chi connectivity index (χ0n) is 8.40. The van der Waals surface area contributed by atoms with Crippen molar-refractivity contribution in [2.45, 2.75) is 0 Å². The summed E-state index contributed by atoms with van der Waals surface area (Å²) in [4.78, 5) is 25.1. The van der Waals surface area contributed by atoms with Gasteiger partial charge in [-0.3, -0.25) is 9.59 Å². The molecule has 0 aliphatic heterocycles. The van der Waals surface area contributed by atoms with Crippen molar-refractivity contribution in [2.24, 2.45) is 7.05 Å². The summed E-state index contributed by atoms with van der Waals surface area (Å²) < 4.78 is 6.34. The minimum atomic E-state index is -0.616. The van der Waals surface area contributed by atoms with Gasteiger partial charge in [0.1, 0.15) is 5.75 Å². The first-order valence-corrected chi connectivity index (χ1v) is 4.40. The van der Waals surface area contributed by atoms with Crippen LogP contribution in [0.1, 0.15) is 0 Å². The minimum absolute atomic E-state index is 0.573. The Morgan fingerprint density at radius 1 is 1.33 bits per heavy atom. The fourth-order valence-electron chi connectivity index (χ4n) is 1.46. The second-order valence-corrected chi connectivity index (χ2v) is 3.20. The topological polar surface area (TPSA) is 64.1 Å². The maximum Gasteiger partial charge on any atom is 0.316 e. The largest absolute Gasteiger partial charge is 0.497 e. The van der Waals surface area contributed by atoms with Crippen LogP contribution in [0.4, 0.5) is 0 Å². The van der Waals surface area contributed by atoms with Crippen LogP contribution in [0, 0.1) is 0 Å². The number of hydrogen-bond acceptors (Lipinski definition) is 3. The fraction of sp³-hybridized carbons (Fsp3) is 0.200. The van der Waals surface area contributed by atoms with Crippen molar-refractivity contribution < 1.29 is 4.74 Å². The number of aryl methyl sites for hydroxylation is 1. The lowest BCUT2D eigenvalue weighted by Crippen LogP contribution is -2.34. The molecule has 1 aromatic heterocycles. The van der Waals surface area contributed by atoms with Gasteiger partial charge in [-0.1, -0.05) is 0 Å². The SMILES string of the molecule is COc1ccc2[nH]c(=O)c(=O)n(C)c2c1. The number of fused-ring (bicyclic) bond motifs is 1. The maximum absolute atomic E-state index is 11.4. The minimum Gasteiger partial charge on any atom is -0.497 e. The van der Waals surface area contributed by atoms with E-state index in [0.29, 0.717) is 16.8 Å². The van der Waals surface area contributed by atoms with E-state index in [4.69, 9.17) is 4.74 Å². The number of aromatic nitrogens is 2. The number of rotatable bonds is 1. The zero-order valence-corrected chi connectivity index (χ0v) is 8.40. The fourth-order valence-corrected chi connectivity index (χ4v) is 1.46. The number of H-pyrrole nitrogens is 1. The normalized spacial score (nSPS) is 10.5. The smallest absolute Gasteiger partial charge is 0.316 e. The molecule has 2 aromatic rings.